The van der Waals surface area contributed by atoms with E-state index in [1.54, 1.807) is 19.1 Å². The Hall–Kier alpha value is -1.68. The van der Waals surface area contributed by atoms with Crippen LogP contribution in [0.5, 0.6) is 0 Å². The molecule has 3 rings (SSSR count). The molecule has 0 aliphatic carbocycles. The molecule has 1 aliphatic rings. The summed E-state index contributed by atoms with van der Waals surface area (Å²) >= 11 is 6.12. The summed E-state index contributed by atoms with van der Waals surface area (Å²) < 4.78 is 22.7. The van der Waals surface area contributed by atoms with Crippen LogP contribution in [0.4, 0.5) is 11.8 Å². The monoisotopic (exact) mass is 398 g/mol. The highest BCUT2D eigenvalue weighted by atomic mass is 35.5. The number of aromatic nitrogens is 2. The minimum absolute atomic E-state index is 0.192. The van der Waals surface area contributed by atoms with Gasteiger partial charge in [-0.05, 0) is 32.2 Å². The van der Waals surface area contributed by atoms with Gasteiger partial charge in [0.25, 0.3) is 0 Å². The van der Waals surface area contributed by atoms with Crippen molar-refractivity contribution in [2.24, 2.45) is 5.14 Å². The normalized spacial score (nSPS) is 17.5. The molecule has 10 heteroatoms. The Labute approximate surface area is 158 Å². The maximum absolute atomic E-state index is 11.4. The molecule has 0 bridgehead atoms. The number of rotatable bonds is 5. The number of nitrogens with two attached hydrogens (primary N) is 1. The van der Waals surface area contributed by atoms with Gasteiger partial charge in [0, 0.05) is 42.6 Å². The van der Waals surface area contributed by atoms with E-state index >= 15 is 0 Å². The standard InChI is InChI=1S/C16H23ClN6O2S/c1-11(10-26(18,24)25)19-15-13-9-12(17)3-4-14(13)20-16(21-15)23-7-5-22(2)6-8-23/h3-4,9,11H,5-8,10H2,1-2H3,(H2,18,24,25)(H,19,20,21). The molecule has 1 fully saturated rings. The molecular weight excluding hydrogens is 376 g/mol. The number of hydrogen-bond donors (Lipinski definition) is 2. The average molecular weight is 399 g/mol. The number of hydrogen-bond acceptors (Lipinski definition) is 7. The summed E-state index contributed by atoms with van der Waals surface area (Å²) in [5.74, 6) is 0.990. The van der Waals surface area contributed by atoms with Gasteiger partial charge in [-0.1, -0.05) is 11.6 Å². The molecule has 1 saturated heterocycles. The highest BCUT2D eigenvalue weighted by Gasteiger charge is 2.20. The van der Waals surface area contributed by atoms with Gasteiger partial charge in [-0.25, -0.2) is 18.5 Å². The van der Waals surface area contributed by atoms with Gasteiger partial charge in [0.05, 0.1) is 11.3 Å². The topological polar surface area (TPSA) is 104 Å². The van der Waals surface area contributed by atoms with E-state index in [-0.39, 0.29) is 5.75 Å². The number of anilines is 2. The molecule has 3 N–H and O–H groups in total. The molecule has 0 radical (unpaired) electrons. The zero-order valence-corrected chi connectivity index (χ0v) is 16.4. The predicted octanol–water partition coefficient (Wildman–Crippen LogP) is 1.12. The van der Waals surface area contributed by atoms with Gasteiger partial charge in [0.1, 0.15) is 5.82 Å². The molecule has 1 aromatic carbocycles. The lowest BCUT2D eigenvalue weighted by Crippen LogP contribution is -2.45. The van der Waals surface area contributed by atoms with E-state index in [0.717, 1.165) is 37.1 Å². The number of benzene rings is 1. The molecule has 2 aromatic rings. The number of primary sulfonamides is 1. The van der Waals surface area contributed by atoms with E-state index in [1.165, 1.54) is 0 Å². The fourth-order valence-corrected chi connectivity index (χ4v) is 3.92. The van der Waals surface area contributed by atoms with Gasteiger partial charge in [0.15, 0.2) is 0 Å². The smallest absolute Gasteiger partial charge is 0.227 e. The second-order valence-corrected chi connectivity index (χ2v) is 8.79. The first-order valence-corrected chi connectivity index (χ1v) is 10.5. The summed E-state index contributed by atoms with van der Waals surface area (Å²) in [5.41, 5.74) is 0.753. The van der Waals surface area contributed by atoms with Gasteiger partial charge in [-0.15, -0.1) is 0 Å². The molecule has 8 nitrogen and oxygen atoms in total. The molecule has 0 amide bonds. The van der Waals surface area contributed by atoms with Crippen LogP contribution in [-0.4, -0.2) is 68.3 Å². The van der Waals surface area contributed by atoms with Crippen molar-refractivity contribution in [2.45, 2.75) is 13.0 Å². The lowest BCUT2D eigenvalue weighted by atomic mass is 10.2. The summed E-state index contributed by atoms with van der Waals surface area (Å²) in [6, 6.07) is 5.00. The van der Waals surface area contributed by atoms with E-state index in [4.69, 9.17) is 16.7 Å². The summed E-state index contributed by atoms with van der Waals surface area (Å²) in [6.07, 6.45) is 0. The maximum atomic E-state index is 11.4. The number of sulfonamides is 1. The van der Waals surface area contributed by atoms with Crippen molar-refractivity contribution in [3.05, 3.63) is 23.2 Å². The fourth-order valence-electron chi connectivity index (χ4n) is 2.97. The maximum Gasteiger partial charge on any atom is 0.227 e. The molecule has 2 heterocycles. The molecule has 26 heavy (non-hydrogen) atoms. The molecule has 1 aliphatic heterocycles. The van der Waals surface area contributed by atoms with Crippen LogP contribution in [0.15, 0.2) is 18.2 Å². The van der Waals surface area contributed by atoms with Crippen LogP contribution in [0, 0.1) is 0 Å². The Morgan fingerprint density at radius 2 is 1.96 bits per heavy atom. The summed E-state index contributed by atoms with van der Waals surface area (Å²) in [4.78, 5) is 13.7. The SMILES string of the molecule is CC(CS(N)(=O)=O)Nc1nc(N2CCN(C)CC2)nc2ccc(Cl)cc12. The Balaban J connectivity index is 1.97. The number of nitrogens with zero attached hydrogens (tertiary/aromatic N) is 4. The van der Waals surface area contributed by atoms with E-state index in [9.17, 15) is 8.42 Å². The fraction of sp³-hybridized carbons (Fsp3) is 0.500. The van der Waals surface area contributed by atoms with Crippen molar-refractivity contribution < 1.29 is 8.42 Å². The van der Waals surface area contributed by atoms with Crippen LogP contribution in [0.3, 0.4) is 0 Å². The van der Waals surface area contributed by atoms with Crippen LogP contribution >= 0.6 is 11.6 Å². The third-order valence-corrected chi connectivity index (χ3v) is 5.50. The van der Waals surface area contributed by atoms with Gasteiger partial charge in [-0.2, -0.15) is 4.98 Å². The predicted molar refractivity (Wildman–Crippen MR) is 105 cm³/mol. The number of nitrogens with one attached hydrogen (secondary N) is 1. The molecular formula is C16H23ClN6O2S. The van der Waals surface area contributed by atoms with Gasteiger partial charge >= 0.3 is 0 Å². The zero-order valence-electron chi connectivity index (χ0n) is 14.8. The number of halogens is 1. The minimum Gasteiger partial charge on any atom is -0.366 e. The molecule has 0 saturated carbocycles. The second-order valence-electron chi connectivity index (χ2n) is 6.70. The van der Waals surface area contributed by atoms with Gasteiger partial charge in [-0.3, -0.25) is 0 Å². The van der Waals surface area contributed by atoms with Crippen molar-refractivity contribution >= 4 is 44.3 Å². The first-order valence-electron chi connectivity index (χ1n) is 8.39. The highest BCUT2D eigenvalue weighted by Crippen LogP contribution is 2.27. The van der Waals surface area contributed by atoms with Crippen molar-refractivity contribution in [3.63, 3.8) is 0 Å². The molecule has 142 valence electrons. The van der Waals surface area contributed by atoms with E-state index in [2.05, 4.69) is 32.1 Å². The van der Waals surface area contributed by atoms with Gasteiger partial charge < -0.3 is 15.1 Å². The first kappa shape index (κ1) is 19.1. The van der Waals surface area contributed by atoms with Gasteiger partial charge in [0.2, 0.25) is 16.0 Å². The Morgan fingerprint density at radius 3 is 2.62 bits per heavy atom. The number of likely N-dealkylation sites (N-methyl/N-ethyl adjacent to an activating group) is 1. The molecule has 1 aromatic heterocycles. The first-order chi connectivity index (χ1) is 12.2. The largest absolute Gasteiger partial charge is 0.366 e. The third kappa shape index (κ3) is 4.73. The quantitative estimate of drug-likeness (QED) is 0.777. The Bertz CT molecular complexity index is 899. The number of fused-ring (bicyclic) bond motifs is 1. The van der Waals surface area contributed by atoms with E-state index in [1.807, 2.05) is 6.07 Å². The number of piperazine rings is 1. The molecule has 1 unspecified atom stereocenters. The van der Waals surface area contributed by atoms with Crippen molar-refractivity contribution in [2.75, 3.05) is 49.2 Å². The lowest BCUT2D eigenvalue weighted by molar-refractivity contribution is 0.311. The van der Waals surface area contributed by atoms with Crippen LogP contribution in [0.1, 0.15) is 6.92 Å². The van der Waals surface area contributed by atoms with Crippen molar-refractivity contribution in [3.8, 4) is 0 Å². The highest BCUT2D eigenvalue weighted by molar-refractivity contribution is 7.89. The average Bonchev–Trinajstić information content (AvgIpc) is 2.54. The molecule has 1 atom stereocenters. The van der Waals surface area contributed by atoms with Crippen LogP contribution in [-0.2, 0) is 10.0 Å². The zero-order chi connectivity index (χ0) is 18.9. The second kappa shape index (κ2) is 7.51. The lowest BCUT2D eigenvalue weighted by Gasteiger charge is -2.32. The van der Waals surface area contributed by atoms with Crippen molar-refractivity contribution in [1.29, 1.82) is 0 Å². The summed E-state index contributed by atoms with van der Waals surface area (Å²) in [6.45, 7) is 5.29. The van der Waals surface area contributed by atoms with Crippen LogP contribution in [0.25, 0.3) is 10.9 Å². The van der Waals surface area contributed by atoms with E-state index < -0.39 is 16.1 Å². The van der Waals surface area contributed by atoms with Crippen molar-refractivity contribution in [1.82, 2.24) is 14.9 Å². The third-order valence-electron chi connectivity index (χ3n) is 4.30. The minimum atomic E-state index is -3.59. The summed E-state index contributed by atoms with van der Waals surface area (Å²) in [7, 11) is -1.50. The van der Waals surface area contributed by atoms with E-state index in [0.29, 0.717) is 16.8 Å². The summed E-state index contributed by atoms with van der Waals surface area (Å²) in [5, 5.41) is 9.62. The molecule has 0 spiro atoms. The Morgan fingerprint density at radius 1 is 1.27 bits per heavy atom. The Kier molecular flexibility index (Phi) is 5.52. The van der Waals surface area contributed by atoms with Crippen LogP contribution < -0.4 is 15.4 Å². The van der Waals surface area contributed by atoms with Crippen LogP contribution in [0.2, 0.25) is 5.02 Å².